The Morgan fingerprint density at radius 1 is 0.786 bits per heavy atom. The van der Waals surface area contributed by atoms with E-state index in [-0.39, 0.29) is 33.8 Å². The van der Waals surface area contributed by atoms with Gasteiger partial charge in [-0.25, -0.2) is 0 Å². The maximum absolute atomic E-state index is 12.8. The van der Waals surface area contributed by atoms with Gasteiger partial charge in [-0.3, -0.25) is 4.79 Å². The van der Waals surface area contributed by atoms with Gasteiger partial charge in [0.2, 0.25) is 6.29 Å². The molecule has 1 aromatic heterocycles. The van der Waals surface area contributed by atoms with E-state index in [1.807, 2.05) is 0 Å². The molecular formula is C27H30O15. The minimum absolute atomic E-state index is 0.0216. The number of ether oxygens (including phenoxy) is 4. The van der Waals surface area contributed by atoms with Gasteiger partial charge >= 0.3 is 0 Å². The van der Waals surface area contributed by atoms with Crippen LogP contribution in [0.1, 0.15) is 6.92 Å². The Morgan fingerprint density at radius 3 is 2.21 bits per heavy atom. The summed E-state index contributed by atoms with van der Waals surface area (Å²) >= 11 is 0. The molecule has 0 bridgehead atoms. The third kappa shape index (κ3) is 5.49. The third-order valence-corrected chi connectivity index (χ3v) is 7.22. The molecule has 228 valence electrons. The molecule has 5 rings (SSSR count). The second-order valence-electron chi connectivity index (χ2n) is 10.1. The second-order valence-corrected chi connectivity index (χ2v) is 10.1. The number of fused-ring (bicyclic) bond motifs is 1. The summed E-state index contributed by atoms with van der Waals surface area (Å²) in [6, 6.07) is 7.08. The Hall–Kier alpha value is -3.51. The Balaban J connectivity index is 1.48. The number of phenolic OH excluding ortho intramolecular Hbond substituents is 3. The molecule has 2 saturated heterocycles. The van der Waals surface area contributed by atoms with Gasteiger partial charge in [-0.05, 0) is 25.1 Å². The minimum atomic E-state index is -1.78. The molecule has 2 aliphatic heterocycles. The second kappa shape index (κ2) is 11.6. The van der Waals surface area contributed by atoms with Crippen molar-refractivity contribution >= 4 is 11.0 Å². The summed E-state index contributed by atoms with van der Waals surface area (Å²) in [5.74, 6) is -1.60. The fourth-order valence-corrected chi connectivity index (χ4v) is 4.84. The van der Waals surface area contributed by atoms with Gasteiger partial charge < -0.3 is 69.3 Å². The zero-order chi connectivity index (χ0) is 30.5. The van der Waals surface area contributed by atoms with E-state index in [9.17, 15) is 50.8 Å². The average molecular weight is 595 g/mol. The van der Waals surface area contributed by atoms with Gasteiger partial charge in [-0.2, -0.15) is 0 Å². The predicted octanol–water partition coefficient (Wildman–Crippen LogP) is -1.39. The minimum Gasteiger partial charge on any atom is -0.507 e. The van der Waals surface area contributed by atoms with Crippen molar-refractivity contribution in [2.24, 2.45) is 0 Å². The summed E-state index contributed by atoms with van der Waals surface area (Å²) in [5.41, 5.74) is -0.575. The Labute approximate surface area is 236 Å². The first-order valence-corrected chi connectivity index (χ1v) is 12.9. The first-order valence-electron chi connectivity index (χ1n) is 12.9. The third-order valence-electron chi connectivity index (χ3n) is 7.22. The van der Waals surface area contributed by atoms with Crippen LogP contribution in [0.25, 0.3) is 22.3 Å². The highest BCUT2D eigenvalue weighted by Gasteiger charge is 2.50. The number of aliphatic hydroxyl groups excluding tert-OH is 6. The summed E-state index contributed by atoms with van der Waals surface area (Å²) in [4.78, 5) is 12.8. The molecule has 2 aliphatic rings. The van der Waals surface area contributed by atoms with E-state index in [1.54, 1.807) is 0 Å². The van der Waals surface area contributed by atoms with Crippen molar-refractivity contribution in [3.63, 3.8) is 0 Å². The van der Waals surface area contributed by atoms with Gasteiger partial charge in [-0.1, -0.05) is 0 Å². The summed E-state index contributed by atoms with van der Waals surface area (Å²) in [5, 5.41) is 91.2. The van der Waals surface area contributed by atoms with Crippen LogP contribution in [-0.4, -0.2) is 114 Å². The molecule has 9 N–H and O–H groups in total. The molecule has 3 aromatic rings. The average Bonchev–Trinajstić information content (AvgIpc) is 2.95. The molecular weight excluding hydrogens is 564 g/mol. The number of phenols is 3. The van der Waals surface area contributed by atoms with E-state index in [0.29, 0.717) is 0 Å². The zero-order valence-corrected chi connectivity index (χ0v) is 21.9. The molecule has 3 heterocycles. The molecule has 0 radical (unpaired) electrons. The van der Waals surface area contributed by atoms with E-state index in [4.69, 9.17) is 23.4 Å². The van der Waals surface area contributed by atoms with Gasteiger partial charge in [0.1, 0.15) is 64.9 Å². The van der Waals surface area contributed by atoms with Crippen molar-refractivity contribution in [1.82, 2.24) is 0 Å². The molecule has 0 spiro atoms. The molecule has 0 aliphatic carbocycles. The number of rotatable bonds is 6. The van der Waals surface area contributed by atoms with Crippen LogP contribution in [0.4, 0.5) is 0 Å². The number of hydrogen-bond acceptors (Lipinski definition) is 15. The van der Waals surface area contributed by atoms with Crippen molar-refractivity contribution in [2.45, 2.75) is 68.3 Å². The van der Waals surface area contributed by atoms with Crippen LogP contribution in [0.5, 0.6) is 23.0 Å². The van der Waals surface area contributed by atoms with Crippen molar-refractivity contribution in [3.8, 4) is 34.3 Å². The van der Waals surface area contributed by atoms with Crippen LogP contribution >= 0.6 is 0 Å². The topological polar surface area (TPSA) is 249 Å². The van der Waals surface area contributed by atoms with Gasteiger partial charge in [0.15, 0.2) is 29.3 Å². The van der Waals surface area contributed by atoms with E-state index >= 15 is 0 Å². The monoisotopic (exact) mass is 594 g/mol. The standard InChI is InChI=1S/C27H30O15/c1-9-20(33)22(35)24(37)26(38-9)42-25-23(36)21(34)18(8-28)41-27(25)39-11-5-14(31)19-15(32)7-16(40-17(19)6-11)10-2-3-12(29)13(30)4-10/h2-7,9,18,20-31,33-37H,8H2,1H3/t9-,18-,20-,21-,22+,23-,24+,25-,26-,27-/m0/s1. The van der Waals surface area contributed by atoms with Crippen LogP contribution in [-0.2, 0) is 14.2 Å². The fourth-order valence-electron chi connectivity index (χ4n) is 4.84. The normalized spacial score (nSPS) is 33.5. The molecule has 15 nitrogen and oxygen atoms in total. The molecule has 0 unspecified atom stereocenters. The van der Waals surface area contributed by atoms with Crippen molar-refractivity contribution < 1.29 is 69.3 Å². The zero-order valence-electron chi connectivity index (χ0n) is 21.9. The first kappa shape index (κ1) is 30.0. The lowest BCUT2D eigenvalue weighted by atomic mass is 9.97. The number of aliphatic hydroxyl groups is 6. The molecule has 10 atom stereocenters. The van der Waals surface area contributed by atoms with Gasteiger partial charge in [0.25, 0.3) is 0 Å². The first-order chi connectivity index (χ1) is 19.9. The van der Waals surface area contributed by atoms with E-state index in [0.717, 1.165) is 18.2 Å². The molecule has 2 fully saturated rings. The maximum Gasteiger partial charge on any atom is 0.229 e. The highest BCUT2D eigenvalue weighted by atomic mass is 16.8. The SMILES string of the molecule is C[C@@H]1O[C@@H](O[C@@H]2[C@@H](Oc3cc(O)c4c(=O)cc(-c5ccc(O)c(O)c5)oc4c3)O[C@@H](CO)[C@H](O)[C@@H]2O)[C@H](O)[C@H](O)[C@H]1O. The highest BCUT2D eigenvalue weighted by molar-refractivity contribution is 5.86. The lowest BCUT2D eigenvalue weighted by molar-refractivity contribution is -0.354. The molecule has 0 saturated carbocycles. The van der Waals surface area contributed by atoms with E-state index in [2.05, 4.69) is 0 Å². The molecule has 0 amide bonds. The Morgan fingerprint density at radius 2 is 1.52 bits per heavy atom. The largest absolute Gasteiger partial charge is 0.507 e. The van der Waals surface area contributed by atoms with Crippen LogP contribution in [0.15, 0.2) is 45.6 Å². The van der Waals surface area contributed by atoms with Crippen molar-refractivity contribution in [1.29, 1.82) is 0 Å². The van der Waals surface area contributed by atoms with E-state index < -0.39 is 84.9 Å². The fraction of sp³-hybridized carbons (Fsp3) is 0.444. The molecule has 42 heavy (non-hydrogen) atoms. The van der Waals surface area contributed by atoms with Crippen LogP contribution < -0.4 is 10.2 Å². The van der Waals surface area contributed by atoms with Crippen molar-refractivity contribution in [2.75, 3.05) is 6.61 Å². The van der Waals surface area contributed by atoms with Crippen LogP contribution in [0.3, 0.4) is 0 Å². The van der Waals surface area contributed by atoms with Gasteiger partial charge in [-0.15, -0.1) is 0 Å². The molecule has 2 aromatic carbocycles. The summed E-state index contributed by atoms with van der Waals surface area (Å²) in [7, 11) is 0. The lowest BCUT2D eigenvalue weighted by Crippen LogP contribution is -2.64. The molecule has 15 heteroatoms. The quantitative estimate of drug-likeness (QED) is 0.149. The number of hydrogen-bond donors (Lipinski definition) is 9. The van der Waals surface area contributed by atoms with Crippen LogP contribution in [0.2, 0.25) is 0 Å². The summed E-state index contributed by atoms with van der Waals surface area (Å²) in [6.45, 7) is 0.671. The highest BCUT2D eigenvalue weighted by Crippen LogP contribution is 2.36. The Kier molecular flexibility index (Phi) is 8.30. The van der Waals surface area contributed by atoms with E-state index in [1.165, 1.54) is 25.1 Å². The predicted molar refractivity (Wildman–Crippen MR) is 139 cm³/mol. The maximum atomic E-state index is 12.8. The van der Waals surface area contributed by atoms with Crippen LogP contribution in [0, 0.1) is 0 Å². The summed E-state index contributed by atoms with van der Waals surface area (Å²) < 4.78 is 28.3. The number of aromatic hydroxyl groups is 3. The number of benzene rings is 2. The van der Waals surface area contributed by atoms with Gasteiger partial charge in [0, 0.05) is 23.8 Å². The smallest absolute Gasteiger partial charge is 0.229 e. The summed E-state index contributed by atoms with van der Waals surface area (Å²) in [6.07, 6.45) is -15.5. The van der Waals surface area contributed by atoms with Gasteiger partial charge in [0.05, 0.1) is 12.7 Å². The Bertz CT molecular complexity index is 1490. The van der Waals surface area contributed by atoms with Crippen molar-refractivity contribution in [3.05, 3.63) is 46.6 Å². The lowest BCUT2D eigenvalue weighted by Gasteiger charge is -2.45.